The Labute approximate surface area is 72.4 Å². The summed E-state index contributed by atoms with van der Waals surface area (Å²) in [6, 6.07) is 0. The lowest BCUT2D eigenvalue weighted by atomic mass is 9.96. The number of Topliss-reactive ketones (excluding diaryl/α,β-unsaturated/α-hetero) is 1. The van der Waals surface area contributed by atoms with Crippen molar-refractivity contribution in [1.82, 2.24) is 0 Å². The van der Waals surface area contributed by atoms with Gasteiger partial charge in [0.15, 0.2) is 0 Å². The third-order valence-electron chi connectivity index (χ3n) is 2.44. The number of hydrogen-bond donors (Lipinski definition) is 0. The molecular weight excluding hydrogens is 152 g/mol. The predicted octanol–water partition coefficient (Wildman–Crippen LogP) is 1.83. The molecule has 0 aromatic rings. The summed E-state index contributed by atoms with van der Waals surface area (Å²) in [6.45, 7) is 0. The van der Waals surface area contributed by atoms with Gasteiger partial charge in [-0.05, 0) is 12.8 Å². The first-order chi connectivity index (χ1) is 5.84. The highest BCUT2D eigenvalue weighted by atomic mass is 16.1. The molecule has 0 radical (unpaired) electrons. The minimum atomic E-state index is -0.0144. The van der Waals surface area contributed by atoms with Gasteiger partial charge in [0.25, 0.3) is 0 Å². The van der Waals surface area contributed by atoms with Crippen LogP contribution >= 0.6 is 0 Å². The molecule has 0 atom stereocenters. The molecule has 12 heavy (non-hydrogen) atoms. The van der Waals surface area contributed by atoms with Crippen molar-refractivity contribution in [3.8, 4) is 0 Å². The minimum absolute atomic E-state index is 0.0144. The molecule has 0 saturated heterocycles. The molecule has 3 nitrogen and oxygen atoms in total. The van der Waals surface area contributed by atoms with E-state index in [0.29, 0.717) is 0 Å². The van der Waals surface area contributed by atoms with E-state index in [1.807, 2.05) is 0 Å². The molecule has 1 aliphatic carbocycles. The van der Waals surface area contributed by atoms with Crippen molar-refractivity contribution in [3.05, 3.63) is 5.53 Å². The van der Waals surface area contributed by atoms with Gasteiger partial charge in [0.2, 0.25) is 5.78 Å². The molecule has 0 N–H and O–H groups in total. The molecule has 1 rings (SSSR count). The fourth-order valence-electron chi connectivity index (χ4n) is 1.73. The smallest absolute Gasteiger partial charge is 0.323 e. The Kier molecular flexibility index (Phi) is 3.68. The van der Waals surface area contributed by atoms with E-state index in [2.05, 4.69) is 4.79 Å². The number of rotatable bonds is 2. The summed E-state index contributed by atoms with van der Waals surface area (Å²) >= 11 is 0. The molecule has 0 unspecified atom stereocenters. The summed E-state index contributed by atoms with van der Waals surface area (Å²) in [5, 5.41) is 0. The molecule has 1 fully saturated rings. The van der Waals surface area contributed by atoms with E-state index in [0.717, 1.165) is 31.9 Å². The Balaban J connectivity index is 2.48. The summed E-state index contributed by atoms with van der Waals surface area (Å²) < 4.78 is 0. The van der Waals surface area contributed by atoms with Crippen LogP contribution in [0.25, 0.3) is 5.53 Å². The highest BCUT2D eigenvalue weighted by molar-refractivity contribution is 6.26. The molecule has 0 aromatic heterocycles. The largest absolute Gasteiger partial charge is 0.361 e. The van der Waals surface area contributed by atoms with Gasteiger partial charge in [0, 0.05) is 5.92 Å². The first-order valence-electron chi connectivity index (χ1n) is 4.56. The second-order valence-corrected chi connectivity index (χ2v) is 3.34. The van der Waals surface area contributed by atoms with Crippen LogP contribution in [0.1, 0.15) is 38.5 Å². The number of ketones is 1. The van der Waals surface area contributed by atoms with Crippen molar-refractivity contribution in [1.29, 1.82) is 0 Å². The van der Waals surface area contributed by atoms with Crippen LogP contribution < -0.4 is 0 Å². The highest BCUT2D eigenvalue weighted by Gasteiger charge is 2.20. The lowest BCUT2D eigenvalue weighted by molar-refractivity contribution is -0.119. The van der Waals surface area contributed by atoms with Gasteiger partial charge in [-0.25, -0.2) is 0 Å². The molecule has 3 heteroatoms. The zero-order valence-electron chi connectivity index (χ0n) is 7.20. The Bertz CT molecular complexity index is 199. The maximum absolute atomic E-state index is 11.2. The lowest BCUT2D eigenvalue weighted by Crippen LogP contribution is -2.14. The first-order valence-corrected chi connectivity index (χ1v) is 4.56. The fourth-order valence-corrected chi connectivity index (χ4v) is 1.73. The van der Waals surface area contributed by atoms with Crippen molar-refractivity contribution >= 4 is 12.0 Å². The molecule has 0 aliphatic heterocycles. The van der Waals surface area contributed by atoms with Crippen LogP contribution in [0.2, 0.25) is 0 Å². The number of carbonyl (C=O) groups excluding carboxylic acids is 1. The maximum Gasteiger partial charge on any atom is 0.323 e. The van der Waals surface area contributed by atoms with Gasteiger partial charge in [-0.15, -0.1) is 0 Å². The summed E-state index contributed by atoms with van der Waals surface area (Å²) in [4.78, 5) is 14.0. The van der Waals surface area contributed by atoms with E-state index in [4.69, 9.17) is 5.53 Å². The molecule has 0 heterocycles. The van der Waals surface area contributed by atoms with Gasteiger partial charge < -0.3 is 5.53 Å². The van der Waals surface area contributed by atoms with E-state index in [9.17, 15) is 4.79 Å². The molecular formula is C9H14N2O. The standard InChI is InChI=1S/C9H14N2O/c10-11-7-9(12)8-5-3-1-2-4-6-8/h7-8H,1-6H2. The van der Waals surface area contributed by atoms with Crippen LogP contribution in [-0.2, 0) is 4.79 Å². The Hall–Kier alpha value is -0.950. The topological polar surface area (TPSA) is 53.5 Å². The van der Waals surface area contributed by atoms with E-state index in [1.165, 1.54) is 12.8 Å². The Morgan fingerprint density at radius 2 is 1.83 bits per heavy atom. The SMILES string of the molecule is [N-]=[N+]=CC(=O)C1CCCCCC1. The van der Waals surface area contributed by atoms with Crippen LogP contribution in [0.15, 0.2) is 0 Å². The summed E-state index contributed by atoms with van der Waals surface area (Å²) in [6.07, 6.45) is 7.71. The van der Waals surface area contributed by atoms with Gasteiger partial charge >= 0.3 is 6.21 Å². The monoisotopic (exact) mass is 166 g/mol. The van der Waals surface area contributed by atoms with E-state index in [1.54, 1.807) is 0 Å². The number of carbonyl (C=O) groups is 1. The van der Waals surface area contributed by atoms with E-state index < -0.39 is 0 Å². The summed E-state index contributed by atoms with van der Waals surface area (Å²) in [5.41, 5.74) is 8.19. The van der Waals surface area contributed by atoms with E-state index >= 15 is 0 Å². The molecule has 0 amide bonds. The molecule has 66 valence electrons. The van der Waals surface area contributed by atoms with Gasteiger partial charge in [0.05, 0.1) is 0 Å². The Morgan fingerprint density at radius 1 is 1.25 bits per heavy atom. The third-order valence-corrected chi connectivity index (χ3v) is 2.44. The molecule has 0 spiro atoms. The van der Waals surface area contributed by atoms with Crippen LogP contribution in [-0.4, -0.2) is 16.8 Å². The lowest BCUT2D eigenvalue weighted by Gasteiger charge is -2.05. The molecule has 0 bridgehead atoms. The van der Waals surface area contributed by atoms with Crippen molar-refractivity contribution in [3.63, 3.8) is 0 Å². The van der Waals surface area contributed by atoms with Crippen molar-refractivity contribution < 1.29 is 9.58 Å². The molecule has 1 saturated carbocycles. The second-order valence-electron chi connectivity index (χ2n) is 3.34. The maximum atomic E-state index is 11.2. The van der Waals surface area contributed by atoms with E-state index in [-0.39, 0.29) is 11.7 Å². The van der Waals surface area contributed by atoms with Crippen molar-refractivity contribution in [2.24, 2.45) is 5.92 Å². The number of hydrogen-bond acceptors (Lipinski definition) is 1. The second kappa shape index (κ2) is 4.83. The summed E-state index contributed by atoms with van der Waals surface area (Å²) in [5.74, 6) is 0.0998. The van der Waals surface area contributed by atoms with Crippen molar-refractivity contribution in [2.75, 3.05) is 0 Å². The normalized spacial score (nSPS) is 19.3. The zero-order chi connectivity index (χ0) is 8.81. The van der Waals surface area contributed by atoms with Gasteiger partial charge in [-0.3, -0.25) is 4.79 Å². The zero-order valence-corrected chi connectivity index (χ0v) is 7.20. The van der Waals surface area contributed by atoms with Gasteiger partial charge in [-0.1, -0.05) is 25.7 Å². The van der Waals surface area contributed by atoms with Crippen molar-refractivity contribution in [2.45, 2.75) is 38.5 Å². The third kappa shape index (κ3) is 2.59. The average Bonchev–Trinajstić information content (AvgIpc) is 2.32. The minimum Gasteiger partial charge on any atom is -0.361 e. The number of nitrogens with zero attached hydrogens (tertiary/aromatic N) is 2. The summed E-state index contributed by atoms with van der Waals surface area (Å²) in [7, 11) is 0. The van der Waals surface area contributed by atoms with Crippen LogP contribution in [0.5, 0.6) is 0 Å². The van der Waals surface area contributed by atoms with Crippen LogP contribution in [0, 0.1) is 5.92 Å². The predicted molar refractivity (Wildman–Crippen MR) is 45.9 cm³/mol. The molecule has 1 aliphatic rings. The Morgan fingerprint density at radius 3 is 2.33 bits per heavy atom. The van der Waals surface area contributed by atoms with Crippen LogP contribution in [0.4, 0.5) is 0 Å². The van der Waals surface area contributed by atoms with Gasteiger partial charge in [-0.2, -0.15) is 4.79 Å². The fraction of sp³-hybridized carbons (Fsp3) is 0.778. The van der Waals surface area contributed by atoms with Gasteiger partial charge in [0.1, 0.15) is 0 Å². The quantitative estimate of drug-likeness (QED) is 0.267. The average molecular weight is 166 g/mol. The van der Waals surface area contributed by atoms with Crippen LogP contribution in [0.3, 0.4) is 0 Å². The first kappa shape index (κ1) is 9.14. The molecule has 0 aromatic carbocycles. The highest BCUT2D eigenvalue weighted by Crippen LogP contribution is 2.22.